The molecular formula is C17H32O2S2. The molecule has 0 aliphatic heterocycles. The van der Waals surface area contributed by atoms with Crippen molar-refractivity contribution in [2.75, 3.05) is 5.75 Å². The summed E-state index contributed by atoms with van der Waals surface area (Å²) in [5.74, 6) is 1.66. The Hall–Kier alpha value is 0.0400. The van der Waals surface area contributed by atoms with E-state index < -0.39 is 0 Å². The monoisotopic (exact) mass is 332 g/mol. The minimum absolute atomic E-state index is 0.207. The zero-order valence-corrected chi connectivity index (χ0v) is 16.0. The molecule has 0 aromatic carbocycles. The molecule has 0 radical (unpaired) electrons. The maximum Gasteiger partial charge on any atom is 0.138 e. The van der Waals surface area contributed by atoms with Gasteiger partial charge in [-0.15, -0.1) is 0 Å². The molecule has 0 aromatic heterocycles. The van der Waals surface area contributed by atoms with Crippen LogP contribution in [0, 0.1) is 5.41 Å². The molecule has 0 fully saturated rings. The zero-order chi connectivity index (χ0) is 16.3. The fourth-order valence-electron chi connectivity index (χ4n) is 1.80. The van der Waals surface area contributed by atoms with Crippen molar-refractivity contribution in [3.63, 3.8) is 0 Å². The second-order valence-electron chi connectivity index (χ2n) is 6.84. The number of unbranched alkanes of at least 4 members (excludes halogenated alkanes) is 3. The van der Waals surface area contributed by atoms with Gasteiger partial charge in [0.2, 0.25) is 0 Å². The van der Waals surface area contributed by atoms with Crippen molar-refractivity contribution >= 4 is 33.2 Å². The number of carbonyl (C=O) groups is 2. The summed E-state index contributed by atoms with van der Waals surface area (Å²) in [6, 6.07) is 0. The third-order valence-electron chi connectivity index (χ3n) is 3.17. The summed E-state index contributed by atoms with van der Waals surface area (Å²) in [6.07, 6.45) is 6.16. The smallest absolute Gasteiger partial charge is 0.138 e. The minimum atomic E-state index is -0.207. The van der Waals surface area contributed by atoms with Crippen molar-refractivity contribution < 1.29 is 9.59 Å². The van der Waals surface area contributed by atoms with Crippen molar-refractivity contribution in [1.29, 1.82) is 0 Å². The highest BCUT2D eigenvalue weighted by atomic mass is 33.1. The Kier molecular flexibility index (Phi) is 11.6. The van der Waals surface area contributed by atoms with Gasteiger partial charge in [0, 0.05) is 35.7 Å². The van der Waals surface area contributed by atoms with Crippen LogP contribution in [0.1, 0.15) is 79.6 Å². The van der Waals surface area contributed by atoms with Crippen LogP contribution in [0.5, 0.6) is 0 Å². The molecule has 0 N–H and O–H groups in total. The first-order chi connectivity index (χ1) is 9.73. The van der Waals surface area contributed by atoms with E-state index >= 15 is 0 Å². The fourth-order valence-corrected chi connectivity index (χ4v) is 3.84. The largest absolute Gasteiger partial charge is 0.300 e. The Labute approximate surface area is 139 Å². The Morgan fingerprint density at radius 2 is 1.48 bits per heavy atom. The van der Waals surface area contributed by atoms with Gasteiger partial charge in [0.1, 0.15) is 11.6 Å². The molecule has 0 bridgehead atoms. The average Bonchev–Trinajstić information content (AvgIpc) is 2.37. The van der Waals surface area contributed by atoms with Crippen LogP contribution in [0.25, 0.3) is 0 Å². The maximum absolute atomic E-state index is 11.7. The molecule has 0 saturated carbocycles. The van der Waals surface area contributed by atoms with Crippen LogP contribution in [0.15, 0.2) is 0 Å². The summed E-state index contributed by atoms with van der Waals surface area (Å²) in [4.78, 5) is 23.4. The van der Waals surface area contributed by atoms with Gasteiger partial charge in [0.15, 0.2) is 0 Å². The predicted molar refractivity (Wildman–Crippen MR) is 97.0 cm³/mol. The molecule has 0 aromatic rings. The SMILES string of the molecule is CC(C)SSCCC(=O)CCCCCCC(=O)C(C)(C)C. The number of Topliss-reactive ketones (excluding diaryl/α,β-unsaturated/α-hetero) is 2. The van der Waals surface area contributed by atoms with E-state index in [1.807, 2.05) is 31.6 Å². The van der Waals surface area contributed by atoms with Gasteiger partial charge in [-0.05, 0) is 12.8 Å². The van der Waals surface area contributed by atoms with E-state index in [4.69, 9.17) is 0 Å². The molecule has 0 atom stereocenters. The lowest BCUT2D eigenvalue weighted by Crippen LogP contribution is -2.19. The summed E-state index contributed by atoms with van der Waals surface area (Å²) in [5.41, 5.74) is -0.207. The Morgan fingerprint density at radius 3 is 2.00 bits per heavy atom. The van der Waals surface area contributed by atoms with Gasteiger partial charge < -0.3 is 0 Å². The normalized spacial score (nSPS) is 11.9. The van der Waals surface area contributed by atoms with Gasteiger partial charge >= 0.3 is 0 Å². The average molecular weight is 333 g/mol. The van der Waals surface area contributed by atoms with Crippen LogP contribution in [0.2, 0.25) is 0 Å². The van der Waals surface area contributed by atoms with Crippen molar-refractivity contribution in [2.24, 2.45) is 5.41 Å². The molecule has 0 spiro atoms. The third-order valence-corrected chi connectivity index (χ3v) is 6.13. The van der Waals surface area contributed by atoms with Gasteiger partial charge in [-0.1, -0.05) is 69.0 Å². The topological polar surface area (TPSA) is 34.1 Å². The molecule has 0 aliphatic carbocycles. The first-order valence-electron chi connectivity index (χ1n) is 8.06. The lowest BCUT2D eigenvalue weighted by Gasteiger charge is -2.16. The summed E-state index contributed by atoms with van der Waals surface area (Å²) >= 11 is 0. The van der Waals surface area contributed by atoms with Crippen molar-refractivity contribution in [1.82, 2.24) is 0 Å². The maximum atomic E-state index is 11.7. The molecule has 0 amide bonds. The summed E-state index contributed by atoms with van der Waals surface area (Å²) in [6.45, 7) is 10.3. The number of carbonyl (C=O) groups excluding carboxylic acids is 2. The molecule has 0 heterocycles. The van der Waals surface area contributed by atoms with Gasteiger partial charge in [0.05, 0.1) is 0 Å². The Bertz CT molecular complexity index is 306. The molecule has 124 valence electrons. The zero-order valence-electron chi connectivity index (χ0n) is 14.4. The number of ketones is 2. The molecule has 0 unspecified atom stereocenters. The summed E-state index contributed by atoms with van der Waals surface area (Å²) in [5, 5.41) is 0.626. The molecule has 2 nitrogen and oxygen atoms in total. The summed E-state index contributed by atoms with van der Waals surface area (Å²) in [7, 11) is 3.65. The van der Waals surface area contributed by atoms with E-state index in [-0.39, 0.29) is 5.41 Å². The van der Waals surface area contributed by atoms with Crippen LogP contribution in [-0.4, -0.2) is 22.6 Å². The number of rotatable bonds is 12. The lowest BCUT2D eigenvalue weighted by molar-refractivity contribution is -0.126. The second-order valence-corrected chi connectivity index (χ2v) is 9.91. The molecular weight excluding hydrogens is 300 g/mol. The Balaban J connectivity index is 3.42. The summed E-state index contributed by atoms with van der Waals surface area (Å²) < 4.78 is 0. The van der Waals surface area contributed by atoms with Crippen molar-refractivity contribution in [2.45, 2.75) is 84.8 Å². The predicted octanol–water partition coefficient (Wildman–Crippen LogP) is 5.69. The lowest BCUT2D eigenvalue weighted by atomic mass is 9.88. The van der Waals surface area contributed by atoms with Crippen molar-refractivity contribution in [3.05, 3.63) is 0 Å². The van der Waals surface area contributed by atoms with Crippen LogP contribution in [0.4, 0.5) is 0 Å². The fraction of sp³-hybridized carbons (Fsp3) is 0.882. The molecule has 21 heavy (non-hydrogen) atoms. The highest BCUT2D eigenvalue weighted by Crippen LogP contribution is 2.26. The van der Waals surface area contributed by atoms with Crippen LogP contribution in [-0.2, 0) is 9.59 Å². The van der Waals surface area contributed by atoms with Gasteiger partial charge in [0.25, 0.3) is 0 Å². The van der Waals surface area contributed by atoms with Crippen LogP contribution in [0.3, 0.4) is 0 Å². The van der Waals surface area contributed by atoms with Gasteiger partial charge in [-0.3, -0.25) is 9.59 Å². The van der Waals surface area contributed by atoms with Crippen LogP contribution >= 0.6 is 21.6 Å². The van der Waals surface area contributed by atoms with E-state index in [9.17, 15) is 9.59 Å². The molecule has 4 heteroatoms. The molecule has 0 saturated heterocycles. The van der Waals surface area contributed by atoms with E-state index in [1.165, 1.54) is 0 Å². The second kappa shape index (κ2) is 11.6. The van der Waals surface area contributed by atoms with E-state index in [2.05, 4.69) is 13.8 Å². The highest BCUT2D eigenvalue weighted by Gasteiger charge is 2.19. The first-order valence-corrected chi connectivity index (χ1v) is 10.4. The molecule has 0 rings (SSSR count). The quantitative estimate of drug-likeness (QED) is 0.339. The first kappa shape index (κ1) is 21.0. The third kappa shape index (κ3) is 13.4. The van der Waals surface area contributed by atoms with E-state index in [0.717, 1.165) is 31.4 Å². The van der Waals surface area contributed by atoms with Gasteiger partial charge in [-0.25, -0.2) is 0 Å². The number of hydrogen-bond donors (Lipinski definition) is 0. The van der Waals surface area contributed by atoms with Crippen LogP contribution < -0.4 is 0 Å². The Morgan fingerprint density at radius 1 is 0.905 bits per heavy atom. The number of hydrogen-bond acceptors (Lipinski definition) is 4. The standard InChI is InChI=1S/C17H32O2S2/c1-14(2)21-20-13-12-15(18)10-8-6-7-9-11-16(19)17(3,4)5/h14H,6-13H2,1-5H3. The van der Waals surface area contributed by atoms with E-state index in [0.29, 0.717) is 36.1 Å². The van der Waals surface area contributed by atoms with E-state index in [1.54, 1.807) is 10.8 Å². The molecule has 0 aliphatic rings. The van der Waals surface area contributed by atoms with Gasteiger partial charge in [-0.2, -0.15) is 0 Å². The van der Waals surface area contributed by atoms with Crippen molar-refractivity contribution in [3.8, 4) is 0 Å². The minimum Gasteiger partial charge on any atom is -0.300 e. The highest BCUT2D eigenvalue weighted by molar-refractivity contribution is 8.76.